The summed E-state index contributed by atoms with van der Waals surface area (Å²) in [7, 11) is 1.90. The van der Waals surface area contributed by atoms with Gasteiger partial charge in [0.1, 0.15) is 11.9 Å². The van der Waals surface area contributed by atoms with Crippen molar-refractivity contribution in [1.82, 2.24) is 14.9 Å². The quantitative estimate of drug-likeness (QED) is 0.939. The van der Waals surface area contributed by atoms with Gasteiger partial charge in [-0.05, 0) is 30.2 Å². The molecule has 7 heteroatoms. The molecule has 3 heterocycles. The second kappa shape index (κ2) is 5.30. The van der Waals surface area contributed by atoms with Crippen LogP contribution in [0.5, 0.6) is 0 Å². The number of nitrogens with one attached hydrogen (secondary N) is 1. The standard InChI is InChI=1S/C13H14ClN3O3/c1-17-6-5-15-12(17)11-8(4-7-19-11)16-13(18)9-2-3-10(14)20-9/h2-3,5-6,8,11H,4,7H2,1H3,(H,16,18)/t8-,11-/m0/s1. The molecule has 1 fully saturated rings. The van der Waals surface area contributed by atoms with Crippen LogP contribution in [0.2, 0.25) is 5.22 Å². The maximum absolute atomic E-state index is 12.1. The normalized spacial score (nSPS) is 22.1. The van der Waals surface area contributed by atoms with Crippen LogP contribution in [0.3, 0.4) is 0 Å². The summed E-state index contributed by atoms with van der Waals surface area (Å²) >= 11 is 5.67. The SMILES string of the molecule is Cn1ccnc1[C@H]1OCC[C@@H]1NC(=O)c1ccc(Cl)o1. The summed E-state index contributed by atoms with van der Waals surface area (Å²) < 4.78 is 12.7. The summed E-state index contributed by atoms with van der Waals surface area (Å²) in [6.45, 7) is 0.585. The van der Waals surface area contributed by atoms with Crippen LogP contribution in [-0.4, -0.2) is 28.1 Å². The number of carbonyl (C=O) groups excluding carboxylic acids is 1. The molecule has 2 aromatic heterocycles. The first-order chi connectivity index (χ1) is 9.65. The minimum atomic E-state index is -0.299. The predicted octanol–water partition coefficient (Wildman–Crippen LogP) is 1.93. The van der Waals surface area contributed by atoms with Gasteiger partial charge >= 0.3 is 0 Å². The summed E-state index contributed by atoms with van der Waals surface area (Å²) in [5.41, 5.74) is 0. The third kappa shape index (κ3) is 2.44. The van der Waals surface area contributed by atoms with E-state index >= 15 is 0 Å². The third-order valence-corrected chi connectivity index (χ3v) is 3.52. The Morgan fingerprint density at radius 2 is 2.40 bits per heavy atom. The van der Waals surface area contributed by atoms with Crippen molar-refractivity contribution in [3.63, 3.8) is 0 Å². The van der Waals surface area contributed by atoms with Gasteiger partial charge in [0.2, 0.25) is 0 Å². The van der Waals surface area contributed by atoms with Crippen LogP contribution in [0.4, 0.5) is 0 Å². The molecule has 1 aliphatic rings. The number of hydrogen-bond donors (Lipinski definition) is 1. The highest BCUT2D eigenvalue weighted by Gasteiger charge is 2.34. The monoisotopic (exact) mass is 295 g/mol. The Balaban J connectivity index is 1.73. The molecule has 106 valence electrons. The van der Waals surface area contributed by atoms with E-state index in [-0.39, 0.29) is 29.0 Å². The Hall–Kier alpha value is -1.79. The van der Waals surface area contributed by atoms with E-state index in [9.17, 15) is 4.79 Å². The molecule has 3 rings (SSSR count). The molecule has 0 saturated carbocycles. The summed E-state index contributed by atoms with van der Waals surface area (Å²) in [6.07, 6.45) is 4.05. The Morgan fingerprint density at radius 1 is 1.55 bits per heavy atom. The number of rotatable bonds is 3. The van der Waals surface area contributed by atoms with Crippen molar-refractivity contribution in [3.05, 3.63) is 41.3 Å². The lowest BCUT2D eigenvalue weighted by atomic mass is 10.1. The molecule has 0 bridgehead atoms. The molecule has 0 unspecified atom stereocenters. The summed E-state index contributed by atoms with van der Waals surface area (Å²) in [6, 6.07) is 2.95. The molecule has 2 aromatic rings. The van der Waals surface area contributed by atoms with Crippen molar-refractivity contribution in [2.24, 2.45) is 7.05 Å². The maximum Gasteiger partial charge on any atom is 0.287 e. The van der Waals surface area contributed by atoms with Crippen molar-refractivity contribution in [1.29, 1.82) is 0 Å². The minimum Gasteiger partial charge on any atom is -0.440 e. The Labute approximate surface area is 120 Å². The molecule has 0 radical (unpaired) electrons. The molecule has 1 amide bonds. The Morgan fingerprint density at radius 3 is 3.05 bits per heavy atom. The maximum atomic E-state index is 12.1. The van der Waals surface area contributed by atoms with Crippen LogP contribution >= 0.6 is 11.6 Å². The van der Waals surface area contributed by atoms with Gasteiger partial charge in [0.25, 0.3) is 5.91 Å². The topological polar surface area (TPSA) is 69.3 Å². The first-order valence-corrected chi connectivity index (χ1v) is 6.68. The molecule has 0 aliphatic carbocycles. The summed E-state index contributed by atoms with van der Waals surface area (Å²) in [5.74, 6) is 0.692. The molecule has 0 aromatic carbocycles. The van der Waals surface area contributed by atoms with Gasteiger partial charge in [-0.15, -0.1) is 0 Å². The predicted molar refractivity (Wildman–Crippen MR) is 71.5 cm³/mol. The third-order valence-electron chi connectivity index (χ3n) is 3.32. The van der Waals surface area contributed by atoms with Crippen molar-refractivity contribution in [3.8, 4) is 0 Å². The average molecular weight is 296 g/mol. The minimum absolute atomic E-state index is 0.132. The van der Waals surface area contributed by atoms with Crippen molar-refractivity contribution in [2.75, 3.05) is 6.61 Å². The number of furan rings is 1. The van der Waals surface area contributed by atoms with E-state index in [2.05, 4.69) is 10.3 Å². The van der Waals surface area contributed by atoms with E-state index in [0.717, 1.165) is 12.2 Å². The highest BCUT2D eigenvalue weighted by molar-refractivity contribution is 6.29. The lowest BCUT2D eigenvalue weighted by Gasteiger charge is -2.19. The second-order valence-corrected chi connectivity index (χ2v) is 5.03. The number of nitrogens with zero attached hydrogens (tertiary/aromatic N) is 2. The fraction of sp³-hybridized carbons (Fsp3) is 0.385. The van der Waals surface area contributed by atoms with Gasteiger partial charge in [0.05, 0.1) is 6.04 Å². The number of hydrogen-bond acceptors (Lipinski definition) is 4. The van der Waals surface area contributed by atoms with Crippen LogP contribution in [0.15, 0.2) is 28.9 Å². The molecule has 1 aliphatic heterocycles. The van der Waals surface area contributed by atoms with E-state index in [4.69, 9.17) is 20.8 Å². The Bertz CT molecular complexity index is 622. The average Bonchev–Trinajstić information content (AvgIpc) is 3.10. The van der Waals surface area contributed by atoms with Gasteiger partial charge < -0.3 is 19.0 Å². The first kappa shape index (κ1) is 13.2. The van der Waals surface area contributed by atoms with Crippen molar-refractivity contribution in [2.45, 2.75) is 18.6 Å². The number of amides is 1. The highest BCUT2D eigenvalue weighted by atomic mass is 35.5. The van der Waals surface area contributed by atoms with Gasteiger partial charge in [-0.3, -0.25) is 4.79 Å². The number of aryl methyl sites for hydroxylation is 1. The van der Waals surface area contributed by atoms with Crippen LogP contribution in [0.1, 0.15) is 28.9 Å². The van der Waals surface area contributed by atoms with Gasteiger partial charge in [0.15, 0.2) is 11.0 Å². The van der Waals surface area contributed by atoms with E-state index in [1.807, 2.05) is 17.8 Å². The zero-order valence-corrected chi connectivity index (χ0v) is 11.6. The van der Waals surface area contributed by atoms with Crippen molar-refractivity contribution < 1.29 is 13.9 Å². The van der Waals surface area contributed by atoms with Gasteiger partial charge in [0, 0.05) is 26.0 Å². The zero-order chi connectivity index (χ0) is 14.1. The number of imidazole rings is 1. The second-order valence-electron chi connectivity index (χ2n) is 4.66. The molecular weight excluding hydrogens is 282 g/mol. The number of aromatic nitrogens is 2. The molecule has 20 heavy (non-hydrogen) atoms. The van der Waals surface area contributed by atoms with E-state index in [1.54, 1.807) is 12.3 Å². The van der Waals surface area contributed by atoms with Gasteiger partial charge in [-0.25, -0.2) is 4.98 Å². The van der Waals surface area contributed by atoms with Crippen molar-refractivity contribution >= 4 is 17.5 Å². The fourth-order valence-corrected chi connectivity index (χ4v) is 2.47. The van der Waals surface area contributed by atoms with Crippen LogP contribution in [0.25, 0.3) is 0 Å². The first-order valence-electron chi connectivity index (χ1n) is 6.30. The fourth-order valence-electron chi connectivity index (χ4n) is 2.32. The molecule has 1 N–H and O–H groups in total. The Kier molecular flexibility index (Phi) is 3.50. The number of ether oxygens (including phenoxy) is 1. The summed E-state index contributed by atoms with van der Waals surface area (Å²) in [5, 5.41) is 3.10. The largest absolute Gasteiger partial charge is 0.440 e. The number of halogens is 1. The van der Waals surface area contributed by atoms with Crippen LogP contribution < -0.4 is 5.32 Å². The lowest BCUT2D eigenvalue weighted by Crippen LogP contribution is -2.37. The van der Waals surface area contributed by atoms with E-state index < -0.39 is 0 Å². The molecular formula is C13H14ClN3O3. The molecule has 0 spiro atoms. The van der Waals surface area contributed by atoms with E-state index in [1.165, 1.54) is 6.07 Å². The summed E-state index contributed by atoms with van der Waals surface area (Å²) in [4.78, 5) is 16.3. The molecule has 6 nitrogen and oxygen atoms in total. The van der Waals surface area contributed by atoms with Gasteiger partial charge in [-0.2, -0.15) is 0 Å². The van der Waals surface area contributed by atoms with Crippen LogP contribution in [-0.2, 0) is 11.8 Å². The molecule has 2 atom stereocenters. The zero-order valence-electron chi connectivity index (χ0n) is 10.9. The van der Waals surface area contributed by atoms with Crippen LogP contribution in [0, 0.1) is 0 Å². The smallest absolute Gasteiger partial charge is 0.287 e. The van der Waals surface area contributed by atoms with E-state index in [0.29, 0.717) is 6.61 Å². The van der Waals surface area contributed by atoms with Gasteiger partial charge in [-0.1, -0.05) is 0 Å². The highest BCUT2D eigenvalue weighted by Crippen LogP contribution is 2.28. The molecule has 1 saturated heterocycles. The lowest BCUT2D eigenvalue weighted by molar-refractivity contribution is 0.0763. The number of carbonyl (C=O) groups is 1.